The number of carbonyl (C=O) groups is 1. The molecule has 4 atom stereocenters. The van der Waals surface area contributed by atoms with Crippen molar-refractivity contribution in [3.05, 3.63) is 29.3 Å². The van der Waals surface area contributed by atoms with E-state index in [1.54, 1.807) is 0 Å². The van der Waals surface area contributed by atoms with Crippen LogP contribution in [-0.2, 0) is 20.7 Å². The Morgan fingerprint density at radius 3 is 2.59 bits per heavy atom. The number of carbonyl (C=O) groups excluding carboxylic acids is 1. The maximum Gasteiger partial charge on any atom is 0.204 e. The predicted molar refractivity (Wildman–Crippen MR) is 101 cm³/mol. The number of hydrogen-bond acceptors (Lipinski definition) is 5. The van der Waals surface area contributed by atoms with E-state index >= 15 is 0 Å². The maximum atomic E-state index is 9.81. The zero-order chi connectivity index (χ0) is 19.3. The number of ether oxygens (including phenoxy) is 2. The van der Waals surface area contributed by atoms with Crippen LogP contribution >= 0.6 is 0 Å². The van der Waals surface area contributed by atoms with Crippen molar-refractivity contribution < 1.29 is 19.4 Å². The molecule has 1 heterocycles. The minimum absolute atomic E-state index is 0.0170. The molecule has 2 unspecified atom stereocenters. The SMILES string of the molecule is C[C@]12CCC3c4ccc(O)cc4CC[C@@]3(N)C1CCC21OCCO1.NC=O. The molecule has 0 radical (unpaired) electrons. The van der Waals surface area contributed by atoms with E-state index in [-0.39, 0.29) is 17.4 Å². The van der Waals surface area contributed by atoms with Crippen LogP contribution in [0, 0.1) is 11.3 Å². The molecule has 5 rings (SSSR count). The van der Waals surface area contributed by atoms with Crippen LogP contribution in [0.3, 0.4) is 0 Å². The number of benzene rings is 1. The molecule has 1 aromatic rings. The molecule has 6 nitrogen and oxygen atoms in total. The molecule has 5 N–H and O–H groups in total. The summed E-state index contributed by atoms with van der Waals surface area (Å²) in [4.78, 5) is 8.58. The lowest BCUT2D eigenvalue weighted by Crippen LogP contribution is -2.63. The van der Waals surface area contributed by atoms with Crippen molar-refractivity contribution in [3.63, 3.8) is 0 Å². The highest BCUT2D eigenvalue weighted by atomic mass is 16.7. The monoisotopic (exact) mass is 374 g/mol. The normalized spacial score (nSPS) is 38.3. The summed E-state index contributed by atoms with van der Waals surface area (Å²) in [5, 5.41) is 9.81. The molecule has 1 saturated heterocycles. The first-order valence-corrected chi connectivity index (χ1v) is 9.94. The third-order valence-electron chi connectivity index (χ3n) is 7.73. The molecule has 1 amide bonds. The number of rotatable bonds is 0. The minimum Gasteiger partial charge on any atom is -0.508 e. The smallest absolute Gasteiger partial charge is 0.204 e. The van der Waals surface area contributed by atoms with Crippen molar-refractivity contribution in [1.29, 1.82) is 0 Å². The molecule has 6 heteroatoms. The van der Waals surface area contributed by atoms with Gasteiger partial charge in [0.2, 0.25) is 6.41 Å². The molecule has 1 aromatic carbocycles. The van der Waals surface area contributed by atoms with Crippen LogP contribution < -0.4 is 11.5 Å². The molecule has 1 spiro atoms. The van der Waals surface area contributed by atoms with E-state index in [2.05, 4.69) is 18.7 Å². The van der Waals surface area contributed by atoms with Gasteiger partial charge in [-0.1, -0.05) is 13.0 Å². The molecular formula is C21H30N2O4. The van der Waals surface area contributed by atoms with E-state index < -0.39 is 5.79 Å². The van der Waals surface area contributed by atoms with Gasteiger partial charge in [-0.2, -0.15) is 0 Å². The van der Waals surface area contributed by atoms with Crippen LogP contribution in [0.2, 0.25) is 0 Å². The van der Waals surface area contributed by atoms with Crippen LogP contribution in [0.25, 0.3) is 0 Å². The highest BCUT2D eigenvalue weighted by Crippen LogP contribution is 2.66. The fraction of sp³-hybridized carbons (Fsp3) is 0.667. The summed E-state index contributed by atoms with van der Waals surface area (Å²) in [7, 11) is 0. The van der Waals surface area contributed by atoms with E-state index in [9.17, 15) is 5.11 Å². The Hall–Kier alpha value is -1.63. The van der Waals surface area contributed by atoms with Gasteiger partial charge >= 0.3 is 0 Å². The minimum atomic E-state index is -0.399. The molecule has 3 aliphatic carbocycles. The van der Waals surface area contributed by atoms with Crippen LogP contribution in [-0.4, -0.2) is 36.1 Å². The standard InChI is InChI=1S/C20H27NO3.CH3NO/c1-18-7-5-16-15-3-2-14(22)12-13(15)4-8-19(16,21)17(18)6-9-20(18)23-10-11-24-20;2-1-3/h2-3,12,16-17,22H,4-11,21H2,1H3;1H,(H2,2,3)/t16?,17?,18-,19-;/m0./s1. The van der Waals surface area contributed by atoms with Crippen molar-refractivity contribution in [2.75, 3.05) is 13.2 Å². The summed E-state index contributed by atoms with van der Waals surface area (Å²) < 4.78 is 12.3. The number of nitrogens with two attached hydrogens (primary N) is 2. The Balaban J connectivity index is 0.000000565. The molecule has 27 heavy (non-hydrogen) atoms. The van der Waals surface area contributed by atoms with Gasteiger partial charge in [0.05, 0.1) is 13.2 Å². The van der Waals surface area contributed by atoms with Crippen LogP contribution in [0.15, 0.2) is 18.2 Å². The largest absolute Gasteiger partial charge is 0.508 e. The Kier molecular flexibility index (Phi) is 4.48. The third kappa shape index (κ3) is 2.53. The summed E-state index contributed by atoms with van der Waals surface area (Å²) >= 11 is 0. The van der Waals surface area contributed by atoms with Gasteiger partial charge in [0.25, 0.3) is 0 Å². The lowest BCUT2D eigenvalue weighted by Gasteiger charge is -2.58. The Bertz CT molecular complexity index is 733. The number of phenols is 1. The van der Waals surface area contributed by atoms with E-state index in [0.717, 1.165) is 38.5 Å². The van der Waals surface area contributed by atoms with Gasteiger partial charge in [-0.05, 0) is 61.3 Å². The van der Waals surface area contributed by atoms with Crippen molar-refractivity contribution in [2.24, 2.45) is 22.8 Å². The van der Waals surface area contributed by atoms with E-state index in [4.69, 9.17) is 20.0 Å². The summed E-state index contributed by atoms with van der Waals surface area (Å²) in [6.45, 7) is 3.78. The third-order valence-corrected chi connectivity index (χ3v) is 7.73. The number of aryl methyl sites for hydroxylation is 1. The van der Waals surface area contributed by atoms with Crippen LogP contribution in [0.4, 0.5) is 0 Å². The molecule has 3 fully saturated rings. The fourth-order valence-corrected chi connectivity index (χ4v) is 6.61. The van der Waals surface area contributed by atoms with Gasteiger partial charge in [0, 0.05) is 23.3 Å². The molecule has 0 aromatic heterocycles. The highest BCUT2D eigenvalue weighted by molar-refractivity contribution is 5.43. The lowest BCUT2D eigenvalue weighted by molar-refractivity contribution is -0.238. The first kappa shape index (κ1) is 18.7. The predicted octanol–water partition coefficient (Wildman–Crippen LogP) is 2.17. The number of phenolic OH excluding ortho intramolecular Hbond substituents is 1. The topological polar surface area (TPSA) is 108 Å². The Labute approximate surface area is 160 Å². The van der Waals surface area contributed by atoms with E-state index in [1.807, 2.05) is 12.1 Å². The van der Waals surface area contributed by atoms with E-state index in [0.29, 0.717) is 30.8 Å². The second kappa shape index (κ2) is 6.47. The average molecular weight is 374 g/mol. The number of amides is 1. The number of aromatic hydroxyl groups is 1. The van der Waals surface area contributed by atoms with Crippen molar-refractivity contribution in [3.8, 4) is 5.75 Å². The average Bonchev–Trinajstić information content (AvgIpc) is 3.23. The van der Waals surface area contributed by atoms with Crippen molar-refractivity contribution >= 4 is 6.41 Å². The molecule has 2 saturated carbocycles. The summed E-state index contributed by atoms with van der Waals surface area (Å²) in [5.74, 6) is 0.788. The molecule has 148 valence electrons. The van der Waals surface area contributed by atoms with Gasteiger partial charge < -0.3 is 26.0 Å². The quantitative estimate of drug-likeness (QED) is 0.603. The van der Waals surface area contributed by atoms with Crippen LogP contribution in [0.1, 0.15) is 56.1 Å². The number of fused-ring (bicyclic) bond motifs is 6. The first-order chi connectivity index (χ1) is 12.9. The number of hydrogen-bond donors (Lipinski definition) is 3. The van der Waals surface area contributed by atoms with Crippen molar-refractivity contribution in [1.82, 2.24) is 0 Å². The molecule has 1 aliphatic heterocycles. The first-order valence-electron chi connectivity index (χ1n) is 9.94. The van der Waals surface area contributed by atoms with E-state index in [1.165, 1.54) is 11.1 Å². The molecule has 0 bridgehead atoms. The van der Waals surface area contributed by atoms with Crippen molar-refractivity contribution in [2.45, 2.75) is 62.7 Å². The summed E-state index contributed by atoms with van der Waals surface area (Å²) in [6, 6.07) is 5.85. The maximum absolute atomic E-state index is 9.81. The molecular weight excluding hydrogens is 344 g/mol. The van der Waals surface area contributed by atoms with Crippen LogP contribution in [0.5, 0.6) is 5.75 Å². The zero-order valence-corrected chi connectivity index (χ0v) is 15.9. The van der Waals surface area contributed by atoms with Gasteiger partial charge in [0.1, 0.15) is 5.75 Å². The fourth-order valence-electron chi connectivity index (χ4n) is 6.61. The Morgan fingerprint density at radius 2 is 1.89 bits per heavy atom. The van der Waals surface area contributed by atoms with Gasteiger partial charge in [0.15, 0.2) is 5.79 Å². The van der Waals surface area contributed by atoms with Gasteiger partial charge in [-0.3, -0.25) is 4.79 Å². The molecule has 4 aliphatic rings. The second-order valence-corrected chi connectivity index (χ2v) is 8.68. The second-order valence-electron chi connectivity index (χ2n) is 8.68. The Morgan fingerprint density at radius 1 is 1.19 bits per heavy atom. The lowest BCUT2D eigenvalue weighted by atomic mass is 9.51. The number of primary amides is 1. The summed E-state index contributed by atoms with van der Waals surface area (Å²) in [5.41, 5.74) is 13.8. The zero-order valence-electron chi connectivity index (χ0n) is 15.9. The van der Waals surface area contributed by atoms with Gasteiger partial charge in [-0.15, -0.1) is 0 Å². The highest BCUT2D eigenvalue weighted by Gasteiger charge is 2.68. The van der Waals surface area contributed by atoms with Gasteiger partial charge in [-0.25, -0.2) is 0 Å². The summed E-state index contributed by atoms with van der Waals surface area (Å²) in [6.07, 6.45) is 6.44.